The Morgan fingerprint density at radius 1 is 1.57 bits per heavy atom. The molecule has 72 valence electrons. The van der Waals surface area contributed by atoms with Gasteiger partial charge in [-0.1, -0.05) is 6.07 Å². The maximum atomic E-state index is 11.1. The molecule has 0 aliphatic rings. The Morgan fingerprint density at radius 3 is 2.71 bits per heavy atom. The van der Waals surface area contributed by atoms with Crippen LogP contribution in [0, 0.1) is 0 Å². The Hall–Kier alpha value is -1.78. The fourth-order valence-electron chi connectivity index (χ4n) is 1.13. The summed E-state index contributed by atoms with van der Waals surface area (Å²) in [7, 11) is 2.86. The van der Waals surface area contributed by atoms with Gasteiger partial charge < -0.3 is 9.84 Å². The molecule has 0 spiro atoms. The van der Waals surface area contributed by atoms with Gasteiger partial charge in [0, 0.05) is 0 Å². The lowest BCUT2D eigenvalue weighted by atomic mass is 9.91. The van der Waals surface area contributed by atoms with Crippen LogP contribution >= 0.6 is 0 Å². The van der Waals surface area contributed by atoms with E-state index in [2.05, 4.69) is 4.74 Å². The van der Waals surface area contributed by atoms with Gasteiger partial charge >= 0.3 is 5.97 Å². The number of benzene rings is 1. The van der Waals surface area contributed by atoms with Crippen molar-refractivity contribution in [1.82, 2.24) is 0 Å². The van der Waals surface area contributed by atoms with Crippen molar-refractivity contribution in [2.45, 2.75) is 0 Å². The number of carbonyl (C=O) groups excluding carboxylic acids is 2. The van der Waals surface area contributed by atoms with Crippen LogP contribution in [-0.4, -0.2) is 32.3 Å². The van der Waals surface area contributed by atoms with E-state index in [1.54, 1.807) is 7.85 Å². The van der Waals surface area contributed by atoms with Crippen LogP contribution in [0.1, 0.15) is 20.7 Å². The number of aldehydes is 1. The van der Waals surface area contributed by atoms with Crippen molar-refractivity contribution in [3.63, 3.8) is 0 Å². The summed E-state index contributed by atoms with van der Waals surface area (Å²) in [5.41, 5.74) is 0.810. The Morgan fingerprint density at radius 2 is 2.21 bits per heavy atom. The van der Waals surface area contributed by atoms with Gasteiger partial charge in [0.1, 0.15) is 13.6 Å². The lowest BCUT2D eigenvalue weighted by Crippen LogP contribution is -2.11. The number of esters is 1. The Bertz CT molecular complexity index is 387. The Labute approximate surface area is 81.9 Å². The second kappa shape index (κ2) is 3.96. The van der Waals surface area contributed by atoms with Crippen molar-refractivity contribution < 1.29 is 19.4 Å². The predicted molar refractivity (Wildman–Crippen MR) is 53.0 cm³/mol. The van der Waals surface area contributed by atoms with Crippen LogP contribution in [0.3, 0.4) is 0 Å². The predicted octanol–water partition coefficient (Wildman–Crippen LogP) is -0.750. The topological polar surface area (TPSA) is 63.6 Å². The van der Waals surface area contributed by atoms with Crippen LogP contribution in [0.4, 0.5) is 0 Å². The third-order valence-corrected chi connectivity index (χ3v) is 1.88. The van der Waals surface area contributed by atoms with Crippen LogP contribution < -0.4 is 5.46 Å². The zero-order valence-corrected chi connectivity index (χ0v) is 7.90. The summed E-state index contributed by atoms with van der Waals surface area (Å²) in [6.07, 6.45) is 0.495. The molecule has 1 aromatic rings. The summed E-state index contributed by atoms with van der Waals surface area (Å²) in [6.45, 7) is 0. The molecule has 0 aliphatic carbocycles. The molecule has 0 bridgehead atoms. The van der Waals surface area contributed by atoms with E-state index >= 15 is 0 Å². The van der Waals surface area contributed by atoms with Crippen LogP contribution in [-0.2, 0) is 4.74 Å². The average Bonchev–Trinajstić information content (AvgIpc) is 2.20. The quantitative estimate of drug-likeness (QED) is 0.380. The van der Waals surface area contributed by atoms with E-state index in [1.807, 2.05) is 0 Å². The molecule has 5 heteroatoms. The van der Waals surface area contributed by atoms with E-state index in [-0.39, 0.29) is 16.9 Å². The van der Waals surface area contributed by atoms with Gasteiger partial charge in [0.25, 0.3) is 0 Å². The first-order valence-electron chi connectivity index (χ1n) is 3.97. The number of hydrogen-bond acceptors (Lipinski definition) is 4. The first-order chi connectivity index (χ1) is 6.60. The smallest absolute Gasteiger partial charge is 0.337 e. The number of hydrogen-bond donors (Lipinski definition) is 1. The molecule has 0 heterocycles. The molecule has 14 heavy (non-hydrogen) atoms. The second-order valence-corrected chi connectivity index (χ2v) is 2.84. The largest absolute Gasteiger partial charge is 0.508 e. The normalized spacial score (nSPS) is 9.50. The summed E-state index contributed by atoms with van der Waals surface area (Å²) in [6, 6.07) is 2.76. The summed E-state index contributed by atoms with van der Waals surface area (Å²) in [4.78, 5) is 21.7. The van der Waals surface area contributed by atoms with E-state index in [9.17, 15) is 14.7 Å². The fourth-order valence-corrected chi connectivity index (χ4v) is 1.13. The van der Waals surface area contributed by atoms with Gasteiger partial charge in [-0.05, 0) is 11.5 Å². The van der Waals surface area contributed by atoms with Gasteiger partial charge in [-0.3, -0.25) is 4.79 Å². The van der Waals surface area contributed by atoms with Crippen LogP contribution in [0.5, 0.6) is 5.75 Å². The summed E-state index contributed by atoms with van der Waals surface area (Å²) >= 11 is 0. The molecule has 0 radical (unpaired) electrons. The first-order valence-corrected chi connectivity index (χ1v) is 3.97. The molecule has 1 aromatic carbocycles. The van der Waals surface area contributed by atoms with Crippen molar-refractivity contribution >= 4 is 25.6 Å². The molecular formula is C9H9BO4. The van der Waals surface area contributed by atoms with Gasteiger partial charge in [-0.25, -0.2) is 4.79 Å². The first kappa shape index (κ1) is 10.3. The van der Waals surface area contributed by atoms with Crippen LogP contribution in [0.15, 0.2) is 12.1 Å². The molecule has 0 fully saturated rings. The van der Waals surface area contributed by atoms with E-state index in [0.29, 0.717) is 11.7 Å². The molecule has 0 atom stereocenters. The molecule has 0 saturated heterocycles. The van der Waals surface area contributed by atoms with Crippen molar-refractivity contribution in [1.29, 1.82) is 0 Å². The summed E-state index contributed by atoms with van der Waals surface area (Å²) < 4.78 is 4.49. The number of rotatable bonds is 2. The van der Waals surface area contributed by atoms with Gasteiger partial charge in [0.05, 0.1) is 18.2 Å². The van der Waals surface area contributed by atoms with Crippen LogP contribution in [0.2, 0.25) is 0 Å². The minimum atomic E-state index is -0.531. The van der Waals surface area contributed by atoms with E-state index in [0.717, 1.165) is 0 Å². The standard InChI is InChI=1S/C9H9BO4/c1-14-9(13)5-2-6(4-11)8(12)7(10)3-5/h2-4,12H,10H2,1H3. The van der Waals surface area contributed by atoms with Crippen molar-refractivity contribution in [3.05, 3.63) is 23.3 Å². The molecule has 0 amide bonds. The van der Waals surface area contributed by atoms with Crippen molar-refractivity contribution in [3.8, 4) is 5.75 Å². The molecule has 0 aliphatic heterocycles. The Balaban J connectivity index is 3.29. The van der Waals surface area contributed by atoms with Crippen molar-refractivity contribution in [2.75, 3.05) is 7.11 Å². The second-order valence-electron chi connectivity index (χ2n) is 2.84. The number of ether oxygens (including phenoxy) is 1. The maximum Gasteiger partial charge on any atom is 0.337 e. The zero-order chi connectivity index (χ0) is 10.7. The lowest BCUT2D eigenvalue weighted by Gasteiger charge is -2.05. The van der Waals surface area contributed by atoms with Gasteiger partial charge in [-0.15, -0.1) is 0 Å². The van der Waals surface area contributed by atoms with Gasteiger partial charge in [0.2, 0.25) is 0 Å². The number of aromatic hydroxyl groups is 1. The highest BCUT2D eigenvalue weighted by Crippen LogP contribution is 2.13. The number of phenols is 1. The number of methoxy groups -OCH3 is 1. The Kier molecular flexibility index (Phi) is 2.91. The van der Waals surface area contributed by atoms with E-state index in [4.69, 9.17) is 0 Å². The highest BCUT2D eigenvalue weighted by atomic mass is 16.5. The third-order valence-electron chi connectivity index (χ3n) is 1.88. The molecule has 1 rings (SSSR count). The fraction of sp³-hybridized carbons (Fsp3) is 0.111. The molecule has 0 aromatic heterocycles. The monoisotopic (exact) mass is 192 g/mol. The number of carbonyl (C=O) groups is 2. The highest BCUT2D eigenvalue weighted by molar-refractivity contribution is 6.35. The SMILES string of the molecule is Bc1cc(C(=O)OC)cc(C=O)c1O. The van der Waals surface area contributed by atoms with Gasteiger partial charge in [-0.2, -0.15) is 0 Å². The zero-order valence-electron chi connectivity index (χ0n) is 7.90. The summed E-state index contributed by atoms with van der Waals surface area (Å²) in [5, 5.41) is 9.39. The number of phenolic OH excluding ortho intramolecular Hbond substituents is 1. The molecule has 0 unspecified atom stereocenters. The molecular weight excluding hydrogens is 183 g/mol. The minimum Gasteiger partial charge on any atom is -0.508 e. The minimum absolute atomic E-state index is 0.0883. The van der Waals surface area contributed by atoms with Crippen molar-refractivity contribution in [2.24, 2.45) is 0 Å². The van der Waals surface area contributed by atoms with E-state index in [1.165, 1.54) is 19.2 Å². The summed E-state index contributed by atoms with van der Waals surface area (Å²) in [5.74, 6) is -0.635. The van der Waals surface area contributed by atoms with E-state index < -0.39 is 5.97 Å². The van der Waals surface area contributed by atoms with Gasteiger partial charge in [0.15, 0.2) is 6.29 Å². The third kappa shape index (κ3) is 1.76. The molecule has 0 saturated carbocycles. The highest BCUT2D eigenvalue weighted by Gasteiger charge is 2.11. The molecule has 1 N–H and O–H groups in total. The maximum absolute atomic E-state index is 11.1. The average molecular weight is 192 g/mol. The molecule has 4 nitrogen and oxygen atoms in total. The van der Waals surface area contributed by atoms with Crippen LogP contribution in [0.25, 0.3) is 0 Å². The lowest BCUT2D eigenvalue weighted by molar-refractivity contribution is 0.0601.